The Labute approximate surface area is 275 Å². The summed E-state index contributed by atoms with van der Waals surface area (Å²) in [4.78, 5) is 52.0. The molecule has 11 heteroatoms. The number of ether oxygens (including phenoxy) is 5. The van der Waals surface area contributed by atoms with Crippen molar-refractivity contribution in [2.45, 2.75) is 94.1 Å². The number of carbonyl (C=O) groups excluding carboxylic acids is 4. The van der Waals surface area contributed by atoms with Gasteiger partial charge in [0.05, 0.1) is 38.0 Å². The van der Waals surface area contributed by atoms with E-state index in [1.165, 1.54) is 25.9 Å². The highest BCUT2D eigenvalue weighted by Crippen LogP contribution is 2.47. The second kappa shape index (κ2) is 14.9. The van der Waals surface area contributed by atoms with Crippen LogP contribution < -0.4 is 5.32 Å². The number of esters is 3. The van der Waals surface area contributed by atoms with E-state index in [2.05, 4.69) is 5.32 Å². The molecule has 4 saturated heterocycles. The number of quaternary nitrogens is 1. The average Bonchev–Trinajstić information content (AvgIpc) is 3.64. The molecule has 2 aromatic rings. The minimum absolute atomic E-state index is 0.153. The Hall–Kier alpha value is -3.96. The van der Waals surface area contributed by atoms with Crippen LogP contribution in [0.1, 0.15) is 75.3 Å². The zero-order valence-electron chi connectivity index (χ0n) is 26.8. The molecular weight excluding hydrogens is 604 g/mol. The Morgan fingerprint density at radius 1 is 0.723 bits per heavy atom. The SMILES string of the molecule is O=C(CCC(=O)OC1CCCNC1)OCOC(=O)OC(C(=O)OC1CC2CCC(C1)[N+]21CCCC1)(c1ccccc1)c1ccccc1. The van der Waals surface area contributed by atoms with Crippen molar-refractivity contribution in [2.75, 3.05) is 33.0 Å². The molecule has 4 heterocycles. The smallest absolute Gasteiger partial charge is 0.461 e. The van der Waals surface area contributed by atoms with Crippen molar-refractivity contribution in [2.24, 2.45) is 0 Å². The molecule has 252 valence electrons. The van der Waals surface area contributed by atoms with Crippen LogP contribution in [0, 0.1) is 0 Å². The average molecular weight is 650 g/mol. The number of piperidine rings is 2. The van der Waals surface area contributed by atoms with E-state index in [4.69, 9.17) is 23.7 Å². The molecule has 4 fully saturated rings. The maximum absolute atomic E-state index is 14.4. The summed E-state index contributed by atoms with van der Waals surface area (Å²) in [7, 11) is 0. The highest BCUT2D eigenvalue weighted by Gasteiger charge is 2.57. The second-order valence-corrected chi connectivity index (χ2v) is 13.1. The molecule has 2 bridgehead atoms. The van der Waals surface area contributed by atoms with E-state index >= 15 is 0 Å². The molecule has 0 amide bonds. The van der Waals surface area contributed by atoms with Crippen LogP contribution in [0.2, 0.25) is 0 Å². The first-order valence-electron chi connectivity index (χ1n) is 17.0. The molecule has 0 aromatic heterocycles. The van der Waals surface area contributed by atoms with Crippen LogP contribution in [-0.2, 0) is 43.7 Å². The summed E-state index contributed by atoms with van der Waals surface area (Å²) in [6.07, 6.45) is 5.95. The predicted molar refractivity (Wildman–Crippen MR) is 169 cm³/mol. The van der Waals surface area contributed by atoms with Crippen LogP contribution in [0.5, 0.6) is 0 Å². The lowest BCUT2D eigenvalue weighted by atomic mass is 9.85. The fourth-order valence-corrected chi connectivity index (χ4v) is 8.19. The van der Waals surface area contributed by atoms with Crippen LogP contribution in [0.25, 0.3) is 0 Å². The molecule has 6 rings (SSSR count). The molecule has 11 nitrogen and oxygen atoms in total. The summed E-state index contributed by atoms with van der Waals surface area (Å²) >= 11 is 0. The van der Waals surface area contributed by atoms with Crippen molar-refractivity contribution in [3.63, 3.8) is 0 Å². The predicted octanol–water partition coefficient (Wildman–Crippen LogP) is 4.51. The Balaban J connectivity index is 1.11. The van der Waals surface area contributed by atoms with Gasteiger partial charge in [0.1, 0.15) is 12.2 Å². The fourth-order valence-electron chi connectivity index (χ4n) is 8.19. The van der Waals surface area contributed by atoms with Crippen LogP contribution in [0.3, 0.4) is 0 Å². The Bertz CT molecular complexity index is 1330. The molecule has 4 aliphatic heterocycles. The third kappa shape index (κ3) is 7.31. The molecule has 47 heavy (non-hydrogen) atoms. The number of carbonyl (C=O) groups is 4. The van der Waals surface area contributed by atoms with Crippen molar-refractivity contribution in [1.82, 2.24) is 5.32 Å². The lowest BCUT2D eigenvalue weighted by molar-refractivity contribution is -0.956. The number of nitrogens with one attached hydrogen (secondary N) is 1. The Morgan fingerprint density at radius 2 is 1.34 bits per heavy atom. The van der Waals surface area contributed by atoms with Gasteiger partial charge in [-0.05, 0) is 19.4 Å². The summed E-state index contributed by atoms with van der Waals surface area (Å²) in [6, 6.07) is 18.4. The highest BCUT2D eigenvalue weighted by molar-refractivity contribution is 5.88. The monoisotopic (exact) mass is 649 g/mol. The van der Waals surface area contributed by atoms with E-state index in [-0.39, 0.29) is 25.0 Å². The fraction of sp³-hybridized carbons (Fsp3) is 0.556. The summed E-state index contributed by atoms with van der Waals surface area (Å²) in [5, 5.41) is 3.16. The van der Waals surface area contributed by atoms with Gasteiger partial charge in [-0.2, -0.15) is 0 Å². The van der Waals surface area contributed by atoms with Gasteiger partial charge in [0.25, 0.3) is 5.60 Å². The minimum Gasteiger partial charge on any atom is -0.461 e. The standard InChI is InChI=1S/C36H45N2O9/c39-32(17-18-33(40)45-30-14-9-19-37-24-30)43-25-44-35(42)47-36(26-10-3-1-4-11-26,27-12-5-2-6-13-27)34(41)46-31-22-28-15-16-29(23-31)38(28)20-7-8-21-38/h1-6,10-13,28-31,37H,7-9,14-25H2/q+1. The summed E-state index contributed by atoms with van der Waals surface area (Å²) < 4.78 is 28.9. The molecule has 1 spiro atoms. The molecule has 4 aliphatic rings. The number of hydrogen-bond donors (Lipinski definition) is 1. The van der Waals surface area contributed by atoms with E-state index < -0.39 is 36.5 Å². The summed E-state index contributed by atoms with van der Waals surface area (Å²) in [5.41, 5.74) is -1.16. The molecule has 3 atom stereocenters. The van der Waals surface area contributed by atoms with Crippen molar-refractivity contribution in [3.05, 3.63) is 71.8 Å². The maximum atomic E-state index is 14.4. The van der Waals surface area contributed by atoms with Crippen molar-refractivity contribution < 1.29 is 47.3 Å². The second-order valence-electron chi connectivity index (χ2n) is 13.1. The van der Waals surface area contributed by atoms with Gasteiger partial charge in [0.2, 0.25) is 6.79 Å². The Morgan fingerprint density at radius 3 is 1.94 bits per heavy atom. The lowest BCUT2D eigenvalue weighted by Gasteiger charge is -2.47. The first-order chi connectivity index (χ1) is 22.9. The largest absolute Gasteiger partial charge is 0.513 e. The van der Waals surface area contributed by atoms with Gasteiger partial charge < -0.3 is 33.5 Å². The van der Waals surface area contributed by atoms with Gasteiger partial charge in [0.15, 0.2) is 0 Å². The molecule has 1 N–H and O–H groups in total. The third-order valence-electron chi connectivity index (χ3n) is 10.4. The third-order valence-corrected chi connectivity index (χ3v) is 10.4. The summed E-state index contributed by atoms with van der Waals surface area (Å²) in [6.45, 7) is 3.14. The van der Waals surface area contributed by atoms with E-state index in [1.807, 2.05) is 12.1 Å². The van der Waals surface area contributed by atoms with Crippen LogP contribution in [0.15, 0.2) is 60.7 Å². The first kappa shape index (κ1) is 33.0. The van der Waals surface area contributed by atoms with Gasteiger partial charge >= 0.3 is 24.1 Å². The topological polar surface area (TPSA) is 126 Å². The number of hydrogen-bond acceptors (Lipinski definition) is 10. The van der Waals surface area contributed by atoms with Crippen LogP contribution in [-0.4, -0.2) is 85.8 Å². The first-order valence-corrected chi connectivity index (χ1v) is 17.0. The van der Waals surface area contributed by atoms with Crippen LogP contribution >= 0.6 is 0 Å². The van der Waals surface area contributed by atoms with E-state index in [0.29, 0.717) is 29.8 Å². The van der Waals surface area contributed by atoms with E-state index in [0.717, 1.165) is 49.6 Å². The van der Waals surface area contributed by atoms with Gasteiger partial charge in [-0.15, -0.1) is 0 Å². The quantitative estimate of drug-likeness (QED) is 0.161. The number of rotatable bonds is 11. The summed E-state index contributed by atoms with van der Waals surface area (Å²) in [5.74, 6) is -1.93. The van der Waals surface area contributed by atoms with Crippen molar-refractivity contribution in [1.29, 1.82) is 0 Å². The van der Waals surface area contributed by atoms with Crippen molar-refractivity contribution in [3.8, 4) is 0 Å². The van der Waals surface area contributed by atoms with Crippen LogP contribution in [0.4, 0.5) is 4.79 Å². The maximum Gasteiger partial charge on any atom is 0.513 e. The van der Waals surface area contributed by atoms with Crippen molar-refractivity contribution >= 4 is 24.1 Å². The van der Waals surface area contributed by atoms with Gasteiger partial charge in [-0.3, -0.25) is 9.59 Å². The van der Waals surface area contributed by atoms with E-state index in [9.17, 15) is 19.2 Å². The zero-order valence-corrected chi connectivity index (χ0v) is 26.8. The zero-order chi connectivity index (χ0) is 32.7. The molecule has 0 radical (unpaired) electrons. The molecule has 0 aliphatic carbocycles. The van der Waals surface area contributed by atoms with Gasteiger partial charge in [0, 0.05) is 56.2 Å². The lowest BCUT2D eigenvalue weighted by Crippen LogP contribution is -2.60. The molecular formula is C36H45N2O9+. The Kier molecular flexibility index (Phi) is 10.4. The highest BCUT2D eigenvalue weighted by atomic mass is 16.8. The molecule has 2 aromatic carbocycles. The van der Waals surface area contributed by atoms with E-state index in [1.54, 1.807) is 48.5 Å². The molecule has 3 unspecified atom stereocenters. The normalized spacial score (nSPS) is 24.7. The number of benzene rings is 2. The van der Waals surface area contributed by atoms with Gasteiger partial charge in [-0.1, -0.05) is 60.7 Å². The molecule has 0 saturated carbocycles. The minimum atomic E-state index is -1.96. The number of nitrogens with zero attached hydrogens (tertiary/aromatic N) is 1. The van der Waals surface area contributed by atoms with Gasteiger partial charge in [-0.25, -0.2) is 9.59 Å².